The van der Waals surface area contributed by atoms with E-state index >= 15 is 0 Å². The molecule has 0 aliphatic heterocycles. The van der Waals surface area contributed by atoms with E-state index in [0.29, 0.717) is 22.5 Å². The average Bonchev–Trinajstić information content (AvgIpc) is 3.39. The van der Waals surface area contributed by atoms with Crippen LogP contribution in [0.1, 0.15) is 84.9 Å². The van der Waals surface area contributed by atoms with Crippen LogP contribution in [0, 0.1) is 11.7 Å². The Morgan fingerprint density at radius 3 is 2.21 bits per heavy atom. The fraction of sp³-hybridized carbons (Fsp3) is 0.607. The summed E-state index contributed by atoms with van der Waals surface area (Å²) in [6.45, 7) is 10.8. The molecular formula is C28H37FN6O4. The second-order valence-corrected chi connectivity index (χ2v) is 12.8. The van der Waals surface area contributed by atoms with Gasteiger partial charge in [0.05, 0.1) is 23.6 Å². The van der Waals surface area contributed by atoms with E-state index in [9.17, 15) is 14.0 Å². The first-order valence-electron chi connectivity index (χ1n) is 13.5. The molecule has 39 heavy (non-hydrogen) atoms. The van der Waals surface area contributed by atoms with Gasteiger partial charge in [0.1, 0.15) is 16.7 Å². The molecule has 2 amide bonds. The van der Waals surface area contributed by atoms with E-state index in [4.69, 9.17) is 14.6 Å². The normalized spacial score (nSPS) is 19.6. The highest BCUT2D eigenvalue weighted by Gasteiger charge is 2.40. The second-order valence-electron chi connectivity index (χ2n) is 12.8. The zero-order chi connectivity index (χ0) is 28.3. The molecule has 0 spiro atoms. The third-order valence-corrected chi connectivity index (χ3v) is 6.85. The van der Waals surface area contributed by atoms with Crippen LogP contribution < -0.4 is 0 Å². The minimum absolute atomic E-state index is 0.0843. The van der Waals surface area contributed by atoms with Crippen molar-refractivity contribution in [3.63, 3.8) is 0 Å². The summed E-state index contributed by atoms with van der Waals surface area (Å²) in [4.78, 5) is 31.3. The van der Waals surface area contributed by atoms with E-state index in [1.807, 2.05) is 10.9 Å². The standard InChI is InChI=1S/C28H37FN6O4/c1-27(2,3)38-25(36)34(26(37)39-28(4,5)6)13-16-10-18(11-16)35-15-20(22(32-35)17-8-9-17)23-19-14-33(7)31-24(19)21(29)12-30-23/h12,14-18H,8-11,13H2,1-7H3/t16-,18-. The molecule has 0 N–H and O–H groups in total. The highest BCUT2D eigenvalue weighted by Crippen LogP contribution is 2.46. The Morgan fingerprint density at radius 2 is 1.64 bits per heavy atom. The molecule has 3 aromatic heterocycles. The Balaban J connectivity index is 1.34. The van der Waals surface area contributed by atoms with Crippen LogP contribution in [-0.2, 0) is 16.5 Å². The van der Waals surface area contributed by atoms with Gasteiger partial charge in [-0.1, -0.05) is 0 Å². The average molecular weight is 541 g/mol. The van der Waals surface area contributed by atoms with Gasteiger partial charge in [0.2, 0.25) is 0 Å². The fourth-order valence-corrected chi connectivity index (χ4v) is 4.92. The monoisotopic (exact) mass is 540 g/mol. The molecule has 2 aliphatic rings. The molecule has 0 saturated heterocycles. The molecule has 3 heterocycles. The number of fused-ring (bicyclic) bond motifs is 1. The molecule has 0 bridgehead atoms. The fourth-order valence-electron chi connectivity index (χ4n) is 4.92. The number of pyridine rings is 1. The summed E-state index contributed by atoms with van der Waals surface area (Å²) in [7, 11) is 1.76. The molecule has 3 aromatic rings. The topological polar surface area (TPSA) is 104 Å². The van der Waals surface area contributed by atoms with Crippen molar-refractivity contribution in [2.24, 2.45) is 13.0 Å². The van der Waals surface area contributed by atoms with Gasteiger partial charge in [0, 0.05) is 42.9 Å². The molecule has 11 heteroatoms. The van der Waals surface area contributed by atoms with Crippen LogP contribution in [0.3, 0.4) is 0 Å². The van der Waals surface area contributed by atoms with Gasteiger partial charge in [-0.05, 0) is 73.1 Å². The van der Waals surface area contributed by atoms with Crippen LogP contribution in [0.5, 0.6) is 0 Å². The molecule has 0 unspecified atom stereocenters. The number of hydrogen-bond acceptors (Lipinski definition) is 7. The van der Waals surface area contributed by atoms with Crippen LogP contribution >= 0.6 is 0 Å². The number of aryl methyl sites for hydroxylation is 1. The molecule has 2 saturated carbocycles. The van der Waals surface area contributed by atoms with Gasteiger partial charge in [-0.2, -0.15) is 10.2 Å². The predicted molar refractivity (Wildman–Crippen MR) is 143 cm³/mol. The highest BCUT2D eigenvalue weighted by atomic mass is 19.1. The van der Waals surface area contributed by atoms with Gasteiger partial charge in [-0.25, -0.2) is 18.9 Å². The first kappa shape index (κ1) is 27.1. The van der Waals surface area contributed by atoms with Gasteiger partial charge in [0.25, 0.3) is 0 Å². The summed E-state index contributed by atoms with van der Waals surface area (Å²) in [6.07, 6.45) is 7.21. The van der Waals surface area contributed by atoms with Crippen molar-refractivity contribution in [3.05, 3.63) is 30.1 Å². The lowest BCUT2D eigenvalue weighted by Crippen LogP contribution is -2.47. The summed E-state index contributed by atoms with van der Waals surface area (Å²) >= 11 is 0. The van der Waals surface area contributed by atoms with Gasteiger partial charge < -0.3 is 9.47 Å². The number of halogens is 1. The number of imide groups is 1. The smallest absolute Gasteiger partial charge is 0.419 e. The van der Waals surface area contributed by atoms with Gasteiger partial charge in [-0.15, -0.1) is 0 Å². The Hall–Kier alpha value is -3.50. The van der Waals surface area contributed by atoms with Crippen molar-refractivity contribution < 1.29 is 23.5 Å². The van der Waals surface area contributed by atoms with Gasteiger partial charge in [0.15, 0.2) is 5.82 Å². The number of nitrogens with zero attached hydrogens (tertiary/aromatic N) is 6. The number of rotatable bonds is 5. The molecule has 10 nitrogen and oxygen atoms in total. The Bertz CT molecular complexity index is 1380. The van der Waals surface area contributed by atoms with Crippen LogP contribution in [0.4, 0.5) is 14.0 Å². The number of carbonyl (C=O) groups is 2. The predicted octanol–water partition coefficient (Wildman–Crippen LogP) is 5.97. The van der Waals surface area contributed by atoms with Crippen LogP contribution in [0.25, 0.3) is 22.2 Å². The number of hydrogen-bond donors (Lipinski definition) is 0. The number of amides is 2. The summed E-state index contributed by atoms with van der Waals surface area (Å²) < 4.78 is 28.9. The summed E-state index contributed by atoms with van der Waals surface area (Å²) in [6, 6.07) is 0.116. The van der Waals surface area contributed by atoms with Crippen molar-refractivity contribution >= 4 is 23.1 Å². The lowest BCUT2D eigenvalue weighted by molar-refractivity contribution is -0.00641. The zero-order valence-electron chi connectivity index (χ0n) is 23.7. The van der Waals surface area contributed by atoms with E-state index in [2.05, 4.69) is 10.1 Å². The lowest BCUT2D eigenvalue weighted by atomic mass is 9.80. The number of ether oxygens (including phenoxy) is 2. The molecule has 5 rings (SSSR count). The molecular weight excluding hydrogens is 503 g/mol. The van der Waals surface area contributed by atoms with E-state index < -0.39 is 29.2 Å². The highest BCUT2D eigenvalue weighted by molar-refractivity contribution is 5.93. The first-order valence-corrected chi connectivity index (χ1v) is 13.5. The molecule has 2 fully saturated rings. The minimum Gasteiger partial charge on any atom is -0.443 e. The van der Waals surface area contributed by atoms with E-state index in [0.717, 1.165) is 41.8 Å². The maximum absolute atomic E-state index is 14.4. The van der Waals surface area contributed by atoms with Crippen molar-refractivity contribution in [2.75, 3.05) is 6.54 Å². The first-order chi connectivity index (χ1) is 18.2. The quantitative estimate of drug-likeness (QED) is 0.393. The Labute approximate surface area is 227 Å². The maximum atomic E-state index is 14.4. The molecule has 2 aliphatic carbocycles. The summed E-state index contributed by atoms with van der Waals surface area (Å²) in [5.41, 5.74) is 1.39. The van der Waals surface area contributed by atoms with Gasteiger partial charge >= 0.3 is 12.2 Å². The third kappa shape index (κ3) is 5.91. The molecule has 0 aromatic carbocycles. The van der Waals surface area contributed by atoms with Crippen LogP contribution in [0.2, 0.25) is 0 Å². The second kappa shape index (κ2) is 9.60. The van der Waals surface area contributed by atoms with Crippen LogP contribution in [0.15, 0.2) is 18.6 Å². The van der Waals surface area contributed by atoms with Crippen molar-refractivity contribution in [1.29, 1.82) is 0 Å². The Kier molecular flexibility index (Phi) is 6.67. The maximum Gasteiger partial charge on any atom is 0.419 e. The van der Waals surface area contributed by atoms with E-state index in [1.165, 1.54) is 6.20 Å². The summed E-state index contributed by atoms with van der Waals surface area (Å²) in [5.74, 6) is 0.00245. The van der Waals surface area contributed by atoms with Crippen molar-refractivity contribution in [3.8, 4) is 11.3 Å². The number of aromatic nitrogens is 5. The SMILES string of the molecule is Cn1cc2c(-c3cn([C@H]4C[C@H](CN(C(=O)OC(C)(C)C)C(=O)OC(C)(C)C)C4)nc3C3CC3)ncc(F)c2n1. The molecule has 0 radical (unpaired) electrons. The minimum atomic E-state index is -0.738. The van der Waals surface area contributed by atoms with Gasteiger partial charge in [-0.3, -0.25) is 14.3 Å². The van der Waals surface area contributed by atoms with Crippen molar-refractivity contribution in [1.82, 2.24) is 29.4 Å². The molecule has 210 valence electrons. The van der Waals surface area contributed by atoms with E-state index in [-0.39, 0.29) is 18.5 Å². The third-order valence-electron chi connectivity index (χ3n) is 6.85. The van der Waals surface area contributed by atoms with E-state index in [1.54, 1.807) is 59.5 Å². The van der Waals surface area contributed by atoms with Crippen molar-refractivity contribution in [2.45, 2.75) is 90.4 Å². The summed E-state index contributed by atoms with van der Waals surface area (Å²) in [5, 5.41) is 9.87. The zero-order valence-corrected chi connectivity index (χ0v) is 23.7. The Morgan fingerprint density at radius 1 is 1.03 bits per heavy atom. The largest absolute Gasteiger partial charge is 0.443 e. The molecule has 0 atom stereocenters. The lowest BCUT2D eigenvalue weighted by Gasteiger charge is -2.38. The number of carbonyl (C=O) groups excluding carboxylic acids is 2. The van der Waals surface area contributed by atoms with Crippen LogP contribution in [-0.4, -0.2) is 59.4 Å².